The van der Waals surface area contributed by atoms with E-state index in [-0.39, 0.29) is 16.4 Å². The lowest BCUT2D eigenvalue weighted by Gasteiger charge is -2.16. The fourth-order valence-electron chi connectivity index (χ4n) is 2.87. The van der Waals surface area contributed by atoms with E-state index >= 15 is 0 Å². The van der Waals surface area contributed by atoms with E-state index in [0.29, 0.717) is 5.56 Å². The predicted octanol–water partition coefficient (Wildman–Crippen LogP) is 2.52. The first-order valence-electron chi connectivity index (χ1n) is 6.81. The SMILES string of the molecule is C#Cc1cc(C2CCCC2)c(S(C)(=O)=O)cc1C(=O)OC. The molecule has 0 bridgehead atoms. The van der Waals surface area contributed by atoms with Crippen LogP contribution in [0.2, 0.25) is 0 Å². The quantitative estimate of drug-likeness (QED) is 0.636. The van der Waals surface area contributed by atoms with E-state index in [0.717, 1.165) is 37.5 Å². The van der Waals surface area contributed by atoms with E-state index in [4.69, 9.17) is 6.42 Å². The Morgan fingerprint density at radius 3 is 2.43 bits per heavy atom. The summed E-state index contributed by atoms with van der Waals surface area (Å²) in [4.78, 5) is 12.0. The third-order valence-corrected chi connectivity index (χ3v) is 5.06. The highest BCUT2D eigenvalue weighted by Crippen LogP contribution is 2.38. The molecule has 0 radical (unpaired) electrons. The third-order valence-electron chi connectivity index (χ3n) is 3.91. The van der Waals surface area contributed by atoms with Crippen molar-refractivity contribution in [3.05, 3.63) is 28.8 Å². The summed E-state index contributed by atoms with van der Waals surface area (Å²) in [7, 11) is -2.19. The normalized spacial score (nSPS) is 15.7. The number of sulfone groups is 1. The van der Waals surface area contributed by atoms with Crippen LogP contribution in [0.5, 0.6) is 0 Å². The van der Waals surface area contributed by atoms with E-state index in [9.17, 15) is 13.2 Å². The molecule has 0 amide bonds. The van der Waals surface area contributed by atoms with Crippen LogP contribution in [0.15, 0.2) is 17.0 Å². The number of hydrogen-bond donors (Lipinski definition) is 0. The van der Waals surface area contributed by atoms with Crippen molar-refractivity contribution in [1.29, 1.82) is 0 Å². The van der Waals surface area contributed by atoms with E-state index in [1.807, 2.05) is 0 Å². The van der Waals surface area contributed by atoms with Gasteiger partial charge in [-0.2, -0.15) is 0 Å². The van der Waals surface area contributed by atoms with Crippen molar-refractivity contribution in [3.63, 3.8) is 0 Å². The number of ether oxygens (including phenoxy) is 1. The van der Waals surface area contributed by atoms with Gasteiger partial charge in [0.25, 0.3) is 0 Å². The van der Waals surface area contributed by atoms with E-state index in [1.54, 1.807) is 6.07 Å². The maximum atomic E-state index is 12.1. The molecule has 1 fully saturated rings. The van der Waals surface area contributed by atoms with Gasteiger partial charge in [0.1, 0.15) is 0 Å². The van der Waals surface area contributed by atoms with Gasteiger partial charge in [-0.15, -0.1) is 6.42 Å². The Labute approximate surface area is 125 Å². The molecule has 0 spiro atoms. The van der Waals surface area contributed by atoms with Gasteiger partial charge in [-0.25, -0.2) is 13.2 Å². The zero-order chi connectivity index (χ0) is 15.6. The summed E-state index contributed by atoms with van der Waals surface area (Å²) in [5.74, 6) is 2.03. The van der Waals surface area contributed by atoms with Crippen molar-refractivity contribution in [1.82, 2.24) is 0 Å². The van der Waals surface area contributed by atoms with Crippen molar-refractivity contribution in [2.24, 2.45) is 0 Å². The predicted molar refractivity (Wildman–Crippen MR) is 80.0 cm³/mol. The molecule has 1 saturated carbocycles. The molecule has 0 N–H and O–H groups in total. The van der Waals surface area contributed by atoms with Crippen molar-refractivity contribution in [2.75, 3.05) is 13.4 Å². The molecule has 1 aromatic rings. The molecule has 0 aliphatic heterocycles. The van der Waals surface area contributed by atoms with Gasteiger partial charge < -0.3 is 4.74 Å². The smallest absolute Gasteiger partial charge is 0.339 e. The lowest BCUT2D eigenvalue weighted by atomic mass is 9.93. The highest BCUT2D eigenvalue weighted by Gasteiger charge is 2.26. The van der Waals surface area contributed by atoms with Crippen molar-refractivity contribution < 1.29 is 17.9 Å². The summed E-state index contributed by atoms with van der Waals surface area (Å²) < 4.78 is 28.8. The molecule has 0 atom stereocenters. The molecular weight excluding hydrogens is 288 g/mol. The van der Waals surface area contributed by atoms with Crippen molar-refractivity contribution >= 4 is 15.8 Å². The molecule has 0 aromatic heterocycles. The van der Waals surface area contributed by atoms with E-state index in [1.165, 1.54) is 13.2 Å². The summed E-state index contributed by atoms with van der Waals surface area (Å²) >= 11 is 0. The Balaban J connectivity index is 2.70. The number of carbonyl (C=O) groups excluding carboxylic acids is 1. The molecule has 2 rings (SSSR count). The molecular formula is C16H18O4S. The average molecular weight is 306 g/mol. The van der Waals surface area contributed by atoms with Gasteiger partial charge in [0.05, 0.1) is 17.6 Å². The van der Waals surface area contributed by atoms with Gasteiger partial charge in [-0.1, -0.05) is 18.8 Å². The molecule has 21 heavy (non-hydrogen) atoms. The number of methoxy groups -OCH3 is 1. The minimum atomic E-state index is -3.44. The second-order valence-electron chi connectivity index (χ2n) is 5.33. The van der Waals surface area contributed by atoms with E-state index < -0.39 is 15.8 Å². The Kier molecular flexibility index (Phi) is 4.38. The number of hydrogen-bond acceptors (Lipinski definition) is 4. The fraction of sp³-hybridized carbons (Fsp3) is 0.438. The molecule has 1 aliphatic carbocycles. The average Bonchev–Trinajstić information content (AvgIpc) is 2.98. The second kappa shape index (κ2) is 5.90. The zero-order valence-corrected chi connectivity index (χ0v) is 13.0. The van der Waals surface area contributed by atoms with Gasteiger partial charge in [0, 0.05) is 11.8 Å². The Morgan fingerprint density at radius 2 is 1.95 bits per heavy atom. The summed E-state index contributed by atoms with van der Waals surface area (Å²) in [5.41, 5.74) is 1.24. The maximum Gasteiger partial charge on any atom is 0.339 e. The minimum absolute atomic E-state index is 0.127. The first-order valence-corrected chi connectivity index (χ1v) is 8.70. The molecule has 4 nitrogen and oxygen atoms in total. The molecule has 0 heterocycles. The second-order valence-corrected chi connectivity index (χ2v) is 7.31. The third kappa shape index (κ3) is 3.11. The molecule has 0 saturated heterocycles. The van der Waals surface area contributed by atoms with E-state index in [2.05, 4.69) is 10.7 Å². The molecule has 0 unspecified atom stereocenters. The first kappa shape index (κ1) is 15.6. The summed E-state index contributed by atoms with van der Waals surface area (Å²) in [6, 6.07) is 3.03. The highest BCUT2D eigenvalue weighted by molar-refractivity contribution is 7.90. The van der Waals surface area contributed by atoms with Gasteiger partial charge in [-0.3, -0.25) is 0 Å². The Morgan fingerprint density at radius 1 is 1.33 bits per heavy atom. The fourth-order valence-corrected chi connectivity index (χ4v) is 3.86. The van der Waals surface area contributed by atoms with Gasteiger partial charge in [-0.05, 0) is 36.5 Å². The van der Waals surface area contributed by atoms with Crippen molar-refractivity contribution in [3.8, 4) is 12.3 Å². The summed E-state index contributed by atoms with van der Waals surface area (Å²) in [6.45, 7) is 0. The van der Waals surface area contributed by atoms with Crippen LogP contribution in [0.3, 0.4) is 0 Å². The highest BCUT2D eigenvalue weighted by atomic mass is 32.2. The summed E-state index contributed by atoms with van der Waals surface area (Å²) in [6.07, 6.45) is 10.7. The number of terminal acetylenes is 1. The van der Waals surface area contributed by atoms with Crippen LogP contribution < -0.4 is 0 Å². The lowest BCUT2D eigenvalue weighted by Crippen LogP contribution is -2.11. The van der Waals surface area contributed by atoms with Crippen LogP contribution in [0.25, 0.3) is 0 Å². The van der Waals surface area contributed by atoms with Crippen LogP contribution in [0.1, 0.15) is 53.1 Å². The standard InChI is InChI=1S/C16H18O4S/c1-4-11-9-13(12-7-5-6-8-12)15(21(3,18)19)10-14(11)16(17)20-2/h1,9-10,12H,5-8H2,2-3H3. The van der Waals surface area contributed by atoms with Crippen LogP contribution in [0.4, 0.5) is 0 Å². The lowest BCUT2D eigenvalue weighted by molar-refractivity contribution is 0.0600. The Bertz CT molecular complexity index is 705. The van der Waals surface area contributed by atoms with Crippen LogP contribution in [-0.2, 0) is 14.6 Å². The molecule has 112 valence electrons. The molecule has 1 aromatic carbocycles. The van der Waals surface area contributed by atoms with Crippen LogP contribution in [-0.4, -0.2) is 27.8 Å². The minimum Gasteiger partial charge on any atom is -0.465 e. The summed E-state index contributed by atoms with van der Waals surface area (Å²) in [5, 5.41) is 0. The molecule has 1 aliphatic rings. The number of esters is 1. The number of carbonyl (C=O) groups is 1. The molecule has 5 heteroatoms. The first-order chi connectivity index (χ1) is 9.88. The van der Waals surface area contributed by atoms with Gasteiger partial charge in [0.15, 0.2) is 9.84 Å². The van der Waals surface area contributed by atoms with Crippen LogP contribution in [0, 0.1) is 12.3 Å². The largest absolute Gasteiger partial charge is 0.465 e. The number of benzene rings is 1. The number of rotatable bonds is 3. The monoisotopic (exact) mass is 306 g/mol. The van der Waals surface area contributed by atoms with Crippen LogP contribution >= 0.6 is 0 Å². The van der Waals surface area contributed by atoms with Gasteiger partial charge >= 0.3 is 5.97 Å². The van der Waals surface area contributed by atoms with Gasteiger partial charge in [0.2, 0.25) is 0 Å². The zero-order valence-electron chi connectivity index (χ0n) is 12.2. The topological polar surface area (TPSA) is 60.4 Å². The maximum absolute atomic E-state index is 12.1. The van der Waals surface area contributed by atoms with Crippen molar-refractivity contribution in [2.45, 2.75) is 36.5 Å². The Hall–Kier alpha value is -1.80.